The molecule has 6 nitrogen and oxygen atoms in total. The summed E-state index contributed by atoms with van der Waals surface area (Å²) in [6.07, 6.45) is 4.09. The minimum atomic E-state index is -0.586. The van der Waals surface area contributed by atoms with Gasteiger partial charge in [-0.3, -0.25) is 10.1 Å². The average molecular weight is 324 g/mol. The molecule has 2 fully saturated rings. The van der Waals surface area contributed by atoms with Crippen LogP contribution in [0.1, 0.15) is 25.7 Å². The van der Waals surface area contributed by atoms with E-state index in [4.69, 9.17) is 9.47 Å². The van der Waals surface area contributed by atoms with Gasteiger partial charge < -0.3 is 14.4 Å². The second kappa shape index (κ2) is 7.23. The molecule has 23 heavy (non-hydrogen) atoms. The molecular formula is C16H21FN2O4. The first-order valence-electron chi connectivity index (χ1n) is 8.05. The first-order chi connectivity index (χ1) is 11.1. The molecule has 1 aromatic rings. The van der Waals surface area contributed by atoms with Gasteiger partial charge in [0.25, 0.3) is 5.69 Å². The summed E-state index contributed by atoms with van der Waals surface area (Å²) in [7, 11) is 0. The van der Waals surface area contributed by atoms with Gasteiger partial charge in [-0.25, -0.2) is 4.39 Å². The van der Waals surface area contributed by atoms with Gasteiger partial charge in [0.15, 0.2) is 5.82 Å². The van der Waals surface area contributed by atoms with Gasteiger partial charge in [0.1, 0.15) is 0 Å². The van der Waals surface area contributed by atoms with Crippen LogP contribution in [-0.4, -0.2) is 43.4 Å². The van der Waals surface area contributed by atoms with Crippen LogP contribution >= 0.6 is 0 Å². The third kappa shape index (κ3) is 3.97. The minimum Gasteiger partial charge on any atom is -0.376 e. The maximum absolute atomic E-state index is 14.4. The lowest BCUT2D eigenvalue weighted by Gasteiger charge is -2.29. The van der Waals surface area contributed by atoms with Crippen molar-refractivity contribution in [2.45, 2.75) is 37.9 Å². The molecule has 0 saturated carbocycles. The Kier molecular flexibility index (Phi) is 5.07. The van der Waals surface area contributed by atoms with Crippen LogP contribution in [-0.2, 0) is 9.47 Å². The van der Waals surface area contributed by atoms with E-state index < -0.39 is 10.7 Å². The molecule has 0 aliphatic carbocycles. The van der Waals surface area contributed by atoms with E-state index in [0.29, 0.717) is 18.8 Å². The summed E-state index contributed by atoms with van der Waals surface area (Å²) in [5.41, 5.74) is 0.141. The van der Waals surface area contributed by atoms with Crippen LogP contribution in [0.4, 0.5) is 15.8 Å². The first-order valence-corrected chi connectivity index (χ1v) is 8.05. The highest BCUT2D eigenvalue weighted by Gasteiger charge is 2.26. The van der Waals surface area contributed by atoms with Crippen LogP contribution in [0.15, 0.2) is 18.2 Å². The van der Waals surface area contributed by atoms with Crippen LogP contribution in [0.3, 0.4) is 0 Å². The van der Waals surface area contributed by atoms with Crippen LogP contribution in [0.2, 0.25) is 0 Å². The summed E-state index contributed by atoms with van der Waals surface area (Å²) in [6.45, 7) is 2.63. The third-order valence-corrected chi connectivity index (χ3v) is 4.38. The smallest absolute Gasteiger partial charge is 0.272 e. The van der Waals surface area contributed by atoms with Crippen molar-refractivity contribution in [3.63, 3.8) is 0 Å². The molecule has 2 aliphatic heterocycles. The van der Waals surface area contributed by atoms with E-state index in [1.807, 2.05) is 4.90 Å². The van der Waals surface area contributed by atoms with E-state index >= 15 is 0 Å². The third-order valence-electron chi connectivity index (χ3n) is 4.38. The van der Waals surface area contributed by atoms with Gasteiger partial charge in [0.05, 0.1) is 28.9 Å². The molecule has 0 amide bonds. The monoisotopic (exact) mass is 324 g/mol. The van der Waals surface area contributed by atoms with Crippen molar-refractivity contribution < 1.29 is 18.8 Å². The zero-order valence-corrected chi connectivity index (χ0v) is 12.9. The van der Waals surface area contributed by atoms with Crippen molar-refractivity contribution >= 4 is 11.4 Å². The number of non-ortho nitro benzene ring substituents is 1. The summed E-state index contributed by atoms with van der Waals surface area (Å²) in [6, 6.07) is 3.81. The summed E-state index contributed by atoms with van der Waals surface area (Å²) < 4.78 is 25.7. The maximum Gasteiger partial charge on any atom is 0.272 e. The van der Waals surface area contributed by atoms with Gasteiger partial charge in [-0.2, -0.15) is 0 Å². The van der Waals surface area contributed by atoms with E-state index in [2.05, 4.69) is 0 Å². The van der Waals surface area contributed by atoms with Crippen molar-refractivity contribution in [1.82, 2.24) is 0 Å². The Bertz CT molecular complexity index is 539. The number of nitro groups is 1. The zero-order chi connectivity index (χ0) is 16.2. The normalized spacial score (nSPS) is 24.0. The summed E-state index contributed by atoms with van der Waals surface area (Å²) in [5, 5.41) is 10.8. The highest BCUT2D eigenvalue weighted by molar-refractivity contribution is 5.52. The number of nitro benzene ring substituents is 1. The Hall–Kier alpha value is -1.73. The lowest BCUT2D eigenvalue weighted by atomic mass is 10.1. The number of hydrogen-bond acceptors (Lipinski definition) is 5. The number of anilines is 1. The van der Waals surface area contributed by atoms with Crippen molar-refractivity contribution in [3.05, 3.63) is 34.1 Å². The molecule has 0 aromatic heterocycles. The number of hydrogen-bond donors (Lipinski definition) is 0. The van der Waals surface area contributed by atoms with E-state index in [9.17, 15) is 14.5 Å². The summed E-state index contributed by atoms with van der Waals surface area (Å²) >= 11 is 0. The molecule has 1 aromatic carbocycles. The van der Waals surface area contributed by atoms with E-state index in [1.54, 1.807) is 0 Å². The van der Waals surface area contributed by atoms with Crippen molar-refractivity contribution in [1.29, 1.82) is 0 Å². The average Bonchev–Trinajstić information content (AvgIpc) is 3.20. The van der Waals surface area contributed by atoms with E-state index in [0.717, 1.165) is 45.0 Å². The molecule has 0 N–H and O–H groups in total. The minimum absolute atomic E-state index is 0.0750. The molecule has 0 radical (unpaired) electrons. The van der Waals surface area contributed by atoms with Gasteiger partial charge in [-0.1, -0.05) is 0 Å². The zero-order valence-electron chi connectivity index (χ0n) is 12.9. The molecule has 0 unspecified atom stereocenters. The molecular weight excluding hydrogens is 303 g/mol. The van der Waals surface area contributed by atoms with Gasteiger partial charge in [-0.05, 0) is 31.7 Å². The Morgan fingerprint density at radius 3 is 2.22 bits per heavy atom. The van der Waals surface area contributed by atoms with Crippen LogP contribution in [0.5, 0.6) is 0 Å². The number of ether oxygens (including phenoxy) is 2. The van der Waals surface area contributed by atoms with Crippen LogP contribution < -0.4 is 4.90 Å². The second-order valence-corrected chi connectivity index (χ2v) is 6.07. The number of rotatable bonds is 6. The fraction of sp³-hybridized carbons (Fsp3) is 0.625. The van der Waals surface area contributed by atoms with Gasteiger partial charge in [0, 0.05) is 32.4 Å². The molecule has 0 spiro atoms. The Morgan fingerprint density at radius 1 is 1.17 bits per heavy atom. The van der Waals surface area contributed by atoms with E-state index in [-0.39, 0.29) is 17.9 Å². The molecule has 2 aliphatic rings. The van der Waals surface area contributed by atoms with Crippen molar-refractivity contribution in [2.75, 3.05) is 31.2 Å². The van der Waals surface area contributed by atoms with Gasteiger partial charge in [0.2, 0.25) is 0 Å². The second-order valence-electron chi connectivity index (χ2n) is 6.07. The fourth-order valence-electron chi connectivity index (χ4n) is 3.21. The Labute approximate surface area is 134 Å². The molecule has 3 rings (SSSR count). The summed E-state index contributed by atoms with van der Waals surface area (Å²) in [4.78, 5) is 12.1. The summed E-state index contributed by atoms with van der Waals surface area (Å²) in [5.74, 6) is -0.574. The number of halogens is 1. The molecule has 2 saturated heterocycles. The molecule has 7 heteroatoms. The van der Waals surface area contributed by atoms with Crippen molar-refractivity contribution in [2.24, 2.45) is 0 Å². The van der Waals surface area contributed by atoms with Gasteiger partial charge >= 0.3 is 0 Å². The number of nitrogens with zero attached hydrogens (tertiary/aromatic N) is 2. The van der Waals surface area contributed by atoms with Gasteiger partial charge in [-0.15, -0.1) is 0 Å². The molecule has 2 atom stereocenters. The fourth-order valence-corrected chi connectivity index (χ4v) is 3.21. The highest BCUT2D eigenvalue weighted by atomic mass is 19.1. The topological polar surface area (TPSA) is 64.8 Å². The Morgan fingerprint density at radius 2 is 1.78 bits per heavy atom. The van der Waals surface area contributed by atoms with E-state index in [1.165, 1.54) is 12.1 Å². The first kappa shape index (κ1) is 16.1. The highest BCUT2D eigenvalue weighted by Crippen LogP contribution is 2.27. The quantitative estimate of drug-likeness (QED) is 0.595. The standard InChI is InChI=1S/C16H21FN2O4/c17-15-9-12(19(20)21)5-6-16(15)18(10-13-3-1-7-22-13)11-14-4-2-8-23-14/h5-6,9,13-14H,1-4,7-8,10-11H2/t13-,14+. The molecule has 126 valence electrons. The lowest BCUT2D eigenvalue weighted by Crippen LogP contribution is -2.38. The Balaban J connectivity index is 1.79. The lowest BCUT2D eigenvalue weighted by molar-refractivity contribution is -0.385. The SMILES string of the molecule is O=[N+]([O-])c1ccc(N(C[C@H]2CCCO2)C[C@@H]2CCCO2)c(F)c1. The molecule has 0 bridgehead atoms. The predicted octanol–water partition coefficient (Wildman–Crippen LogP) is 2.90. The van der Waals surface area contributed by atoms with Crippen LogP contribution in [0.25, 0.3) is 0 Å². The maximum atomic E-state index is 14.4. The molecule has 2 heterocycles. The largest absolute Gasteiger partial charge is 0.376 e. The van der Waals surface area contributed by atoms with Crippen LogP contribution in [0, 0.1) is 15.9 Å². The number of benzene rings is 1. The predicted molar refractivity (Wildman–Crippen MR) is 83.2 cm³/mol. The van der Waals surface area contributed by atoms with Crippen molar-refractivity contribution in [3.8, 4) is 0 Å².